The van der Waals surface area contributed by atoms with Gasteiger partial charge in [-0.1, -0.05) is 0 Å². The largest absolute Gasteiger partial charge is 0.497 e. The number of ketones is 1. The Bertz CT molecular complexity index is 729. The summed E-state index contributed by atoms with van der Waals surface area (Å²) in [5.74, 6) is 1.36. The van der Waals surface area contributed by atoms with Gasteiger partial charge in [0.05, 0.1) is 38.2 Å². The molecule has 0 saturated heterocycles. The molecule has 0 aliphatic rings. The highest BCUT2D eigenvalue weighted by molar-refractivity contribution is 6.03. The van der Waals surface area contributed by atoms with Crippen molar-refractivity contribution in [3.05, 3.63) is 36.5 Å². The molecular formula is C17H19N3O4. The van der Waals surface area contributed by atoms with Gasteiger partial charge in [0.25, 0.3) is 0 Å². The Labute approximate surface area is 140 Å². The minimum Gasteiger partial charge on any atom is -0.497 e. The van der Waals surface area contributed by atoms with E-state index in [9.17, 15) is 9.59 Å². The van der Waals surface area contributed by atoms with E-state index in [-0.39, 0.29) is 18.1 Å². The number of methoxy groups -OCH3 is 2. The van der Waals surface area contributed by atoms with Crippen LogP contribution in [0, 0.1) is 0 Å². The van der Waals surface area contributed by atoms with Crippen LogP contribution in [0.25, 0.3) is 0 Å². The van der Waals surface area contributed by atoms with Crippen molar-refractivity contribution in [2.45, 2.75) is 13.3 Å². The molecule has 2 rings (SSSR count). The van der Waals surface area contributed by atoms with Gasteiger partial charge in [-0.2, -0.15) is 0 Å². The van der Waals surface area contributed by atoms with Gasteiger partial charge in [-0.05, 0) is 31.2 Å². The third kappa shape index (κ3) is 4.70. The molecule has 24 heavy (non-hydrogen) atoms. The first-order chi connectivity index (χ1) is 11.5. The van der Waals surface area contributed by atoms with Crippen molar-refractivity contribution in [1.29, 1.82) is 0 Å². The van der Waals surface area contributed by atoms with E-state index in [2.05, 4.69) is 15.6 Å². The SMILES string of the molecule is COc1ccc(OC)c(Nc2ccc(NC(=O)CC(C)=O)cn2)c1. The number of carbonyl (C=O) groups is 2. The summed E-state index contributed by atoms with van der Waals surface area (Å²) in [5, 5.41) is 5.74. The molecule has 0 saturated carbocycles. The molecule has 7 heteroatoms. The van der Waals surface area contributed by atoms with E-state index in [1.807, 2.05) is 0 Å². The minimum absolute atomic E-state index is 0.152. The van der Waals surface area contributed by atoms with Gasteiger partial charge in [-0.25, -0.2) is 4.98 Å². The maximum absolute atomic E-state index is 11.5. The molecule has 0 bridgehead atoms. The van der Waals surface area contributed by atoms with E-state index in [0.29, 0.717) is 28.7 Å². The van der Waals surface area contributed by atoms with Crippen LogP contribution in [0.1, 0.15) is 13.3 Å². The number of hydrogen-bond acceptors (Lipinski definition) is 6. The quantitative estimate of drug-likeness (QED) is 0.759. The molecule has 126 valence electrons. The Morgan fingerprint density at radius 1 is 1.12 bits per heavy atom. The van der Waals surface area contributed by atoms with Crippen LogP contribution in [0.5, 0.6) is 11.5 Å². The normalized spacial score (nSPS) is 9.96. The predicted molar refractivity (Wildman–Crippen MR) is 91.0 cm³/mol. The maximum Gasteiger partial charge on any atom is 0.231 e. The van der Waals surface area contributed by atoms with Crippen LogP contribution in [0.4, 0.5) is 17.2 Å². The lowest BCUT2D eigenvalue weighted by Gasteiger charge is -2.12. The Morgan fingerprint density at radius 3 is 2.50 bits per heavy atom. The molecule has 0 spiro atoms. The van der Waals surface area contributed by atoms with Gasteiger partial charge in [0.1, 0.15) is 23.1 Å². The molecule has 0 aliphatic heterocycles. The van der Waals surface area contributed by atoms with Crippen LogP contribution in [0.15, 0.2) is 36.5 Å². The summed E-state index contributed by atoms with van der Waals surface area (Å²) in [7, 11) is 3.16. The summed E-state index contributed by atoms with van der Waals surface area (Å²) in [6.45, 7) is 1.37. The van der Waals surface area contributed by atoms with Crippen molar-refractivity contribution in [2.24, 2.45) is 0 Å². The van der Waals surface area contributed by atoms with E-state index < -0.39 is 0 Å². The number of benzene rings is 1. The topological polar surface area (TPSA) is 89.5 Å². The molecule has 0 radical (unpaired) electrons. The monoisotopic (exact) mass is 329 g/mol. The maximum atomic E-state index is 11.5. The molecule has 2 N–H and O–H groups in total. The molecule has 7 nitrogen and oxygen atoms in total. The second-order valence-electron chi connectivity index (χ2n) is 5.05. The Balaban J connectivity index is 2.09. The molecule has 1 heterocycles. The fraction of sp³-hybridized carbons (Fsp3) is 0.235. The van der Waals surface area contributed by atoms with E-state index in [0.717, 1.165) is 0 Å². The number of nitrogens with one attached hydrogen (secondary N) is 2. The highest BCUT2D eigenvalue weighted by Crippen LogP contribution is 2.31. The number of Topliss-reactive ketones (excluding diaryl/α,β-unsaturated/α-hetero) is 1. The fourth-order valence-corrected chi connectivity index (χ4v) is 2.02. The summed E-state index contributed by atoms with van der Waals surface area (Å²) < 4.78 is 10.5. The molecule has 1 amide bonds. The Kier molecular flexibility index (Phi) is 5.73. The highest BCUT2D eigenvalue weighted by Gasteiger charge is 2.08. The molecule has 0 atom stereocenters. The standard InChI is InChI=1S/C17H19N3O4/c1-11(21)8-17(22)19-12-4-7-16(18-10-12)20-14-9-13(23-2)5-6-15(14)24-3/h4-7,9-10H,8H2,1-3H3,(H,18,20)(H,19,22). The molecule has 1 aromatic heterocycles. The molecule has 0 aliphatic carbocycles. The molecular weight excluding hydrogens is 310 g/mol. The lowest BCUT2D eigenvalue weighted by molar-refractivity contribution is -0.124. The van der Waals surface area contributed by atoms with Gasteiger partial charge in [0, 0.05) is 6.07 Å². The van der Waals surface area contributed by atoms with Crippen molar-refractivity contribution in [2.75, 3.05) is 24.9 Å². The Hall–Kier alpha value is -3.09. The van der Waals surface area contributed by atoms with Crippen LogP contribution in [0.2, 0.25) is 0 Å². The zero-order chi connectivity index (χ0) is 17.5. The lowest BCUT2D eigenvalue weighted by Crippen LogP contribution is -2.14. The average Bonchev–Trinajstić information content (AvgIpc) is 2.55. The average molecular weight is 329 g/mol. The summed E-state index contributed by atoms with van der Waals surface area (Å²) in [4.78, 5) is 26.7. The van der Waals surface area contributed by atoms with Crippen LogP contribution >= 0.6 is 0 Å². The summed E-state index contributed by atoms with van der Waals surface area (Å²) >= 11 is 0. The van der Waals surface area contributed by atoms with Crippen LogP contribution in [-0.4, -0.2) is 30.9 Å². The van der Waals surface area contributed by atoms with E-state index in [1.165, 1.54) is 13.1 Å². The van der Waals surface area contributed by atoms with Crippen molar-refractivity contribution in [3.63, 3.8) is 0 Å². The van der Waals surface area contributed by atoms with Crippen molar-refractivity contribution < 1.29 is 19.1 Å². The number of aromatic nitrogens is 1. The molecule has 0 fully saturated rings. The number of anilines is 3. The number of amides is 1. The van der Waals surface area contributed by atoms with Gasteiger partial charge >= 0.3 is 0 Å². The zero-order valence-electron chi connectivity index (χ0n) is 13.8. The first kappa shape index (κ1) is 17.3. The van der Waals surface area contributed by atoms with Gasteiger partial charge in [-0.3, -0.25) is 9.59 Å². The van der Waals surface area contributed by atoms with Crippen molar-refractivity contribution in [1.82, 2.24) is 4.98 Å². The van der Waals surface area contributed by atoms with Gasteiger partial charge in [0.15, 0.2) is 0 Å². The molecule has 2 aromatic rings. The number of carbonyl (C=O) groups excluding carboxylic acids is 2. The van der Waals surface area contributed by atoms with Crippen LogP contribution < -0.4 is 20.1 Å². The minimum atomic E-state index is -0.362. The number of ether oxygens (including phenoxy) is 2. The number of pyridine rings is 1. The van der Waals surface area contributed by atoms with Crippen LogP contribution in [-0.2, 0) is 9.59 Å². The number of hydrogen-bond donors (Lipinski definition) is 2. The van der Waals surface area contributed by atoms with Gasteiger partial charge < -0.3 is 20.1 Å². The lowest BCUT2D eigenvalue weighted by atomic mass is 10.2. The van der Waals surface area contributed by atoms with Gasteiger partial charge in [0.2, 0.25) is 5.91 Å². The third-order valence-corrected chi connectivity index (χ3v) is 3.13. The van der Waals surface area contributed by atoms with E-state index in [4.69, 9.17) is 9.47 Å². The van der Waals surface area contributed by atoms with Crippen molar-refractivity contribution >= 4 is 28.9 Å². The van der Waals surface area contributed by atoms with Gasteiger partial charge in [-0.15, -0.1) is 0 Å². The predicted octanol–water partition coefficient (Wildman–Crippen LogP) is 2.76. The zero-order valence-corrected chi connectivity index (χ0v) is 13.8. The Morgan fingerprint density at radius 2 is 1.92 bits per heavy atom. The summed E-state index contributed by atoms with van der Waals surface area (Å²) in [6, 6.07) is 8.79. The highest BCUT2D eigenvalue weighted by atomic mass is 16.5. The number of rotatable bonds is 7. The second kappa shape index (κ2) is 7.96. The van der Waals surface area contributed by atoms with Crippen LogP contribution in [0.3, 0.4) is 0 Å². The smallest absolute Gasteiger partial charge is 0.231 e. The third-order valence-electron chi connectivity index (χ3n) is 3.13. The van der Waals surface area contributed by atoms with Crippen molar-refractivity contribution in [3.8, 4) is 11.5 Å². The molecule has 0 unspecified atom stereocenters. The second-order valence-corrected chi connectivity index (χ2v) is 5.05. The summed E-state index contributed by atoms with van der Waals surface area (Å²) in [6.07, 6.45) is 1.36. The van der Waals surface area contributed by atoms with E-state index >= 15 is 0 Å². The summed E-state index contributed by atoms with van der Waals surface area (Å²) in [5.41, 5.74) is 1.22. The number of nitrogens with zero attached hydrogens (tertiary/aromatic N) is 1. The fourth-order valence-electron chi connectivity index (χ4n) is 2.02. The van der Waals surface area contributed by atoms with E-state index in [1.54, 1.807) is 44.6 Å². The molecule has 1 aromatic carbocycles. The first-order valence-electron chi connectivity index (χ1n) is 7.26. The first-order valence-corrected chi connectivity index (χ1v) is 7.26.